The van der Waals surface area contributed by atoms with Gasteiger partial charge in [-0.15, -0.1) is 0 Å². The predicted octanol–water partition coefficient (Wildman–Crippen LogP) is 4.12. The SMILES string of the molecule is C=C1CCc2cc(/C=C/C(=O)N3CC4C=C(c5ccoc5)CC4C3)cnc2N1. The standard InChI is InChI=1S/C23H23N3O2/c1-15-2-4-17-8-16(11-24-23(17)25-15)3-5-22(27)26-12-20-9-19(10-21(20)13-26)18-6-7-28-14-18/h3,5-9,11,14,20-21H,1-2,4,10,12-13H2,(H,24,25)/b5-3+. The molecule has 0 saturated carbocycles. The van der Waals surface area contributed by atoms with Gasteiger partial charge in [0.15, 0.2) is 0 Å². The Bertz CT molecular complexity index is 987. The smallest absolute Gasteiger partial charge is 0.246 e. The molecule has 2 aliphatic heterocycles. The lowest BCUT2D eigenvalue weighted by atomic mass is 9.99. The van der Waals surface area contributed by atoms with E-state index in [1.165, 1.54) is 16.7 Å². The Morgan fingerprint density at radius 1 is 1.36 bits per heavy atom. The van der Waals surface area contributed by atoms with Crippen LogP contribution in [0.1, 0.15) is 29.5 Å². The zero-order valence-corrected chi connectivity index (χ0v) is 15.7. The Morgan fingerprint density at radius 2 is 2.29 bits per heavy atom. The third-order valence-electron chi connectivity index (χ3n) is 5.99. The zero-order chi connectivity index (χ0) is 19.1. The number of carbonyl (C=O) groups is 1. The summed E-state index contributed by atoms with van der Waals surface area (Å²) in [6, 6.07) is 4.11. The van der Waals surface area contributed by atoms with E-state index in [-0.39, 0.29) is 5.91 Å². The highest BCUT2D eigenvalue weighted by molar-refractivity contribution is 5.92. The number of hydrogen-bond donors (Lipinski definition) is 1. The van der Waals surface area contributed by atoms with Gasteiger partial charge in [0.25, 0.3) is 0 Å². The molecular formula is C23H23N3O2. The van der Waals surface area contributed by atoms with E-state index in [0.29, 0.717) is 11.8 Å². The minimum Gasteiger partial charge on any atom is -0.472 e. The van der Waals surface area contributed by atoms with Gasteiger partial charge >= 0.3 is 0 Å². The molecule has 142 valence electrons. The maximum Gasteiger partial charge on any atom is 0.246 e. The number of carbonyl (C=O) groups excluding carboxylic acids is 1. The number of anilines is 1. The maximum atomic E-state index is 12.7. The van der Waals surface area contributed by atoms with Gasteiger partial charge in [0.2, 0.25) is 5.91 Å². The lowest BCUT2D eigenvalue weighted by Gasteiger charge is -2.19. The number of hydrogen-bond acceptors (Lipinski definition) is 4. The first-order valence-electron chi connectivity index (χ1n) is 9.80. The number of nitrogens with one attached hydrogen (secondary N) is 1. The summed E-state index contributed by atoms with van der Waals surface area (Å²) in [6.07, 6.45) is 14.1. The van der Waals surface area contributed by atoms with Gasteiger partial charge in [0, 0.05) is 36.6 Å². The summed E-state index contributed by atoms with van der Waals surface area (Å²) in [4.78, 5) is 19.1. The molecule has 1 amide bonds. The summed E-state index contributed by atoms with van der Waals surface area (Å²) >= 11 is 0. The lowest BCUT2D eigenvalue weighted by molar-refractivity contribution is -0.125. The van der Waals surface area contributed by atoms with Crippen molar-refractivity contribution in [2.75, 3.05) is 18.4 Å². The van der Waals surface area contributed by atoms with Crippen LogP contribution in [0.25, 0.3) is 11.6 Å². The number of rotatable bonds is 3. The summed E-state index contributed by atoms with van der Waals surface area (Å²) in [5.74, 6) is 1.93. The lowest BCUT2D eigenvalue weighted by Crippen LogP contribution is -2.27. The van der Waals surface area contributed by atoms with E-state index in [9.17, 15) is 4.79 Å². The van der Waals surface area contributed by atoms with Gasteiger partial charge < -0.3 is 14.6 Å². The summed E-state index contributed by atoms with van der Waals surface area (Å²) in [5, 5.41) is 3.22. The molecule has 4 heterocycles. The highest BCUT2D eigenvalue weighted by Crippen LogP contribution is 2.41. The van der Waals surface area contributed by atoms with Crippen molar-refractivity contribution in [1.82, 2.24) is 9.88 Å². The largest absolute Gasteiger partial charge is 0.472 e. The van der Waals surface area contributed by atoms with Crippen molar-refractivity contribution in [2.24, 2.45) is 11.8 Å². The van der Waals surface area contributed by atoms with Crippen molar-refractivity contribution in [3.63, 3.8) is 0 Å². The Morgan fingerprint density at radius 3 is 3.11 bits per heavy atom. The average molecular weight is 373 g/mol. The monoisotopic (exact) mass is 373 g/mol. The van der Waals surface area contributed by atoms with Crippen LogP contribution in [0.2, 0.25) is 0 Å². The van der Waals surface area contributed by atoms with Crippen LogP contribution in [0.3, 0.4) is 0 Å². The van der Waals surface area contributed by atoms with Gasteiger partial charge in [0.05, 0.1) is 12.5 Å². The highest BCUT2D eigenvalue weighted by atomic mass is 16.3. The number of aromatic nitrogens is 1. The number of pyridine rings is 1. The van der Waals surface area contributed by atoms with Crippen molar-refractivity contribution in [3.05, 3.63) is 72.0 Å². The molecule has 5 rings (SSSR count). The zero-order valence-electron chi connectivity index (χ0n) is 15.7. The summed E-state index contributed by atoms with van der Waals surface area (Å²) in [7, 11) is 0. The molecule has 2 atom stereocenters. The molecule has 28 heavy (non-hydrogen) atoms. The molecule has 1 saturated heterocycles. The number of likely N-dealkylation sites (tertiary alicyclic amines) is 1. The van der Waals surface area contributed by atoms with Crippen molar-refractivity contribution < 1.29 is 9.21 Å². The fourth-order valence-electron chi connectivity index (χ4n) is 4.46. The van der Waals surface area contributed by atoms with Crippen LogP contribution in [0.15, 0.2) is 59.7 Å². The minimum atomic E-state index is 0.0804. The molecule has 0 radical (unpaired) electrons. The fourth-order valence-corrected chi connectivity index (χ4v) is 4.46. The second-order valence-electron chi connectivity index (χ2n) is 7.91. The molecule has 1 aliphatic carbocycles. The second-order valence-corrected chi connectivity index (χ2v) is 7.91. The number of fused-ring (bicyclic) bond motifs is 2. The molecule has 5 nitrogen and oxygen atoms in total. The molecule has 1 fully saturated rings. The third-order valence-corrected chi connectivity index (χ3v) is 5.99. The molecule has 0 aromatic carbocycles. The van der Waals surface area contributed by atoms with Crippen LogP contribution in [0.5, 0.6) is 0 Å². The van der Waals surface area contributed by atoms with E-state index in [0.717, 1.165) is 49.4 Å². The van der Waals surface area contributed by atoms with E-state index in [4.69, 9.17) is 4.42 Å². The van der Waals surface area contributed by atoms with Gasteiger partial charge in [-0.2, -0.15) is 0 Å². The van der Waals surface area contributed by atoms with E-state index in [1.807, 2.05) is 17.0 Å². The average Bonchev–Trinajstić information content (AvgIpc) is 3.41. The Hall–Kier alpha value is -3.08. The van der Waals surface area contributed by atoms with Crippen LogP contribution in [-0.4, -0.2) is 28.9 Å². The number of allylic oxidation sites excluding steroid dienone is 2. The molecule has 5 heteroatoms. The Kier molecular flexibility index (Phi) is 4.15. The van der Waals surface area contributed by atoms with Gasteiger partial charge in [-0.1, -0.05) is 12.7 Å². The summed E-state index contributed by atoms with van der Waals surface area (Å²) in [5.41, 5.74) is 5.66. The fraction of sp³-hybridized carbons (Fsp3) is 0.304. The Labute approximate surface area is 164 Å². The first-order chi connectivity index (χ1) is 13.7. The number of furan rings is 1. The molecule has 2 aromatic rings. The van der Waals surface area contributed by atoms with E-state index in [2.05, 4.69) is 29.0 Å². The van der Waals surface area contributed by atoms with Crippen LogP contribution in [0.4, 0.5) is 5.82 Å². The van der Waals surface area contributed by atoms with E-state index in [1.54, 1.807) is 24.8 Å². The van der Waals surface area contributed by atoms with Crippen molar-refractivity contribution >= 4 is 23.4 Å². The normalized spacial score (nSPS) is 23.5. The topological polar surface area (TPSA) is 58.4 Å². The molecule has 3 aliphatic rings. The van der Waals surface area contributed by atoms with Gasteiger partial charge in [-0.25, -0.2) is 4.98 Å². The maximum absolute atomic E-state index is 12.7. The second kappa shape index (κ2) is 6.82. The van der Waals surface area contributed by atoms with E-state index < -0.39 is 0 Å². The number of aryl methyl sites for hydroxylation is 1. The highest BCUT2D eigenvalue weighted by Gasteiger charge is 2.37. The number of amides is 1. The van der Waals surface area contributed by atoms with Crippen LogP contribution in [0, 0.1) is 11.8 Å². The van der Waals surface area contributed by atoms with Crippen LogP contribution in [-0.2, 0) is 11.2 Å². The van der Waals surface area contributed by atoms with Gasteiger partial charge in [-0.3, -0.25) is 4.79 Å². The molecular weight excluding hydrogens is 350 g/mol. The first-order valence-corrected chi connectivity index (χ1v) is 9.80. The van der Waals surface area contributed by atoms with Crippen LogP contribution < -0.4 is 5.32 Å². The van der Waals surface area contributed by atoms with Crippen molar-refractivity contribution in [1.29, 1.82) is 0 Å². The predicted molar refractivity (Wildman–Crippen MR) is 109 cm³/mol. The summed E-state index contributed by atoms with van der Waals surface area (Å²) in [6.45, 7) is 5.57. The molecule has 1 N–H and O–H groups in total. The van der Waals surface area contributed by atoms with Gasteiger partial charge in [0.1, 0.15) is 5.82 Å². The molecule has 2 aromatic heterocycles. The molecule has 0 spiro atoms. The van der Waals surface area contributed by atoms with E-state index >= 15 is 0 Å². The quantitative estimate of drug-likeness (QED) is 0.822. The van der Waals surface area contributed by atoms with Crippen LogP contribution >= 0.6 is 0 Å². The Balaban J connectivity index is 1.23. The van der Waals surface area contributed by atoms with Gasteiger partial charge in [-0.05, 0) is 66.0 Å². The number of nitrogens with zero attached hydrogens (tertiary/aromatic N) is 2. The minimum absolute atomic E-state index is 0.0804. The summed E-state index contributed by atoms with van der Waals surface area (Å²) < 4.78 is 5.19. The molecule has 0 bridgehead atoms. The van der Waals surface area contributed by atoms with Crippen molar-refractivity contribution in [3.8, 4) is 0 Å². The first kappa shape index (κ1) is 17.0. The third kappa shape index (κ3) is 3.17. The molecule has 2 unspecified atom stereocenters. The van der Waals surface area contributed by atoms with Crippen molar-refractivity contribution in [2.45, 2.75) is 19.3 Å².